The molecule has 1 aromatic carbocycles. The summed E-state index contributed by atoms with van der Waals surface area (Å²) in [6.07, 6.45) is 10.2. The first-order chi connectivity index (χ1) is 11.3. The summed E-state index contributed by atoms with van der Waals surface area (Å²) >= 11 is 0. The van der Waals surface area contributed by atoms with Crippen LogP contribution in [0.3, 0.4) is 0 Å². The van der Waals surface area contributed by atoms with Gasteiger partial charge in [0.05, 0.1) is 5.69 Å². The molecule has 4 heteroatoms. The number of rotatable bonds is 3. The number of likely N-dealkylation sites (tertiary alicyclic amines) is 1. The van der Waals surface area contributed by atoms with Gasteiger partial charge in [0, 0.05) is 61.7 Å². The van der Waals surface area contributed by atoms with Crippen LogP contribution in [0.1, 0.15) is 30.0 Å². The Kier molecular flexibility index (Phi) is 3.83. The van der Waals surface area contributed by atoms with Gasteiger partial charge < -0.3 is 4.57 Å². The molecule has 0 bridgehead atoms. The number of hydrogen-bond acceptors (Lipinski definition) is 3. The summed E-state index contributed by atoms with van der Waals surface area (Å²) in [6, 6.07) is 8.66. The summed E-state index contributed by atoms with van der Waals surface area (Å²) in [5, 5.41) is 1.37. The molecule has 0 spiro atoms. The van der Waals surface area contributed by atoms with E-state index in [2.05, 4.69) is 56.9 Å². The molecule has 3 heterocycles. The molecule has 2 aromatic heterocycles. The fourth-order valence-electron chi connectivity index (χ4n) is 3.75. The molecule has 23 heavy (non-hydrogen) atoms. The van der Waals surface area contributed by atoms with Crippen molar-refractivity contribution in [3.63, 3.8) is 0 Å². The molecular weight excluding hydrogens is 284 g/mol. The molecule has 0 N–H and O–H groups in total. The molecule has 0 radical (unpaired) electrons. The quantitative estimate of drug-likeness (QED) is 0.744. The Morgan fingerprint density at radius 2 is 2.13 bits per heavy atom. The van der Waals surface area contributed by atoms with Crippen LogP contribution < -0.4 is 0 Å². The van der Waals surface area contributed by atoms with Crippen LogP contribution in [0.15, 0.2) is 49.1 Å². The molecular formula is C19H22N4. The number of benzene rings is 1. The first-order valence-electron chi connectivity index (χ1n) is 8.32. The summed E-state index contributed by atoms with van der Waals surface area (Å²) in [4.78, 5) is 11.3. The van der Waals surface area contributed by atoms with Gasteiger partial charge in [-0.3, -0.25) is 14.9 Å². The Bertz CT molecular complexity index is 793. The number of para-hydroxylation sites is 1. The van der Waals surface area contributed by atoms with Gasteiger partial charge >= 0.3 is 0 Å². The molecule has 1 saturated heterocycles. The molecule has 1 aliphatic rings. The second kappa shape index (κ2) is 6.13. The van der Waals surface area contributed by atoms with Crippen LogP contribution in [0.25, 0.3) is 10.9 Å². The van der Waals surface area contributed by atoms with Crippen LogP contribution in [-0.4, -0.2) is 32.5 Å². The first-order valence-corrected chi connectivity index (χ1v) is 8.32. The highest BCUT2D eigenvalue weighted by atomic mass is 15.1. The van der Waals surface area contributed by atoms with E-state index in [1.807, 2.05) is 6.20 Å². The van der Waals surface area contributed by atoms with Gasteiger partial charge in [-0.15, -0.1) is 0 Å². The molecule has 1 unspecified atom stereocenters. The second-order valence-electron chi connectivity index (χ2n) is 6.49. The van der Waals surface area contributed by atoms with E-state index in [0.29, 0.717) is 5.92 Å². The van der Waals surface area contributed by atoms with Crippen LogP contribution in [0.2, 0.25) is 0 Å². The van der Waals surface area contributed by atoms with Crippen molar-refractivity contribution in [2.24, 2.45) is 7.05 Å². The molecule has 0 saturated carbocycles. The van der Waals surface area contributed by atoms with E-state index >= 15 is 0 Å². The predicted octanol–water partition coefficient (Wildman–Crippen LogP) is 3.35. The minimum absolute atomic E-state index is 0.507. The summed E-state index contributed by atoms with van der Waals surface area (Å²) < 4.78 is 2.23. The normalized spacial score (nSPS) is 19.3. The summed E-state index contributed by atoms with van der Waals surface area (Å²) in [5.41, 5.74) is 3.86. The number of aromatic nitrogens is 3. The molecule has 1 atom stereocenters. The number of nitrogens with zero attached hydrogens (tertiary/aromatic N) is 4. The van der Waals surface area contributed by atoms with Gasteiger partial charge in [0.25, 0.3) is 0 Å². The van der Waals surface area contributed by atoms with E-state index in [-0.39, 0.29) is 0 Å². The van der Waals surface area contributed by atoms with Crippen LogP contribution in [0.4, 0.5) is 0 Å². The van der Waals surface area contributed by atoms with Crippen LogP contribution in [0.5, 0.6) is 0 Å². The van der Waals surface area contributed by atoms with Crippen LogP contribution in [-0.2, 0) is 13.6 Å². The number of hydrogen-bond donors (Lipinski definition) is 0. The lowest BCUT2D eigenvalue weighted by Crippen LogP contribution is -2.34. The maximum Gasteiger partial charge on any atom is 0.0630 e. The van der Waals surface area contributed by atoms with Gasteiger partial charge in [-0.25, -0.2) is 0 Å². The fourth-order valence-corrected chi connectivity index (χ4v) is 3.75. The van der Waals surface area contributed by atoms with E-state index < -0.39 is 0 Å². The van der Waals surface area contributed by atoms with Gasteiger partial charge in [-0.2, -0.15) is 0 Å². The van der Waals surface area contributed by atoms with Crippen molar-refractivity contribution < 1.29 is 0 Å². The molecule has 1 aliphatic heterocycles. The third kappa shape index (κ3) is 2.86. The van der Waals surface area contributed by atoms with Crippen LogP contribution >= 0.6 is 0 Å². The monoisotopic (exact) mass is 306 g/mol. The van der Waals surface area contributed by atoms with Crippen molar-refractivity contribution in [3.8, 4) is 0 Å². The molecule has 3 aromatic rings. The smallest absolute Gasteiger partial charge is 0.0630 e. The highest BCUT2D eigenvalue weighted by molar-refractivity contribution is 5.83. The average Bonchev–Trinajstić information content (AvgIpc) is 2.92. The van der Waals surface area contributed by atoms with Crippen LogP contribution in [0, 0.1) is 0 Å². The zero-order chi connectivity index (χ0) is 15.6. The third-order valence-corrected chi connectivity index (χ3v) is 4.88. The topological polar surface area (TPSA) is 34.0 Å². The first kappa shape index (κ1) is 14.4. The lowest BCUT2D eigenvalue weighted by Gasteiger charge is -2.32. The Hall–Kier alpha value is -2.20. The number of fused-ring (bicyclic) bond motifs is 1. The fraction of sp³-hybridized carbons (Fsp3) is 0.368. The van der Waals surface area contributed by atoms with E-state index in [1.165, 1.54) is 35.9 Å². The standard InChI is InChI=1S/C19H22N4/c1-22-12-16(17-6-2-3-7-19(17)22)14-23-10-4-5-15(13-23)18-11-20-8-9-21-18/h2-3,6-9,11-12,15H,4-5,10,13-14H2,1H3. The molecule has 118 valence electrons. The van der Waals surface area contributed by atoms with Gasteiger partial charge in [0.2, 0.25) is 0 Å². The molecule has 4 nitrogen and oxygen atoms in total. The van der Waals surface area contributed by atoms with E-state index in [4.69, 9.17) is 0 Å². The van der Waals surface area contributed by atoms with Crippen molar-refractivity contribution in [2.75, 3.05) is 13.1 Å². The average molecular weight is 306 g/mol. The maximum atomic E-state index is 4.50. The molecule has 4 rings (SSSR count). The lowest BCUT2D eigenvalue weighted by molar-refractivity contribution is 0.199. The summed E-state index contributed by atoms with van der Waals surface area (Å²) in [7, 11) is 2.13. The van der Waals surface area contributed by atoms with Gasteiger partial charge in [0.1, 0.15) is 0 Å². The van der Waals surface area contributed by atoms with Crippen molar-refractivity contribution in [2.45, 2.75) is 25.3 Å². The van der Waals surface area contributed by atoms with E-state index in [1.54, 1.807) is 12.4 Å². The number of aryl methyl sites for hydroxylation is 1. The van der Waals surface area contributed by atoms with E-state index in [9.17, 15) is 0 Å². The second-order valence-corrected chi connectivity index (χ2v) is 6.49. The minimum atomic E-state index is 0.507. The van der Waals surface area contributed by atoms with E-state index in [0.717, 1.165) is 18.8 Å². The van der Waals surface area contributed by atoms with Crippen molar-refractivity contribution >= 4 is 10.9 Å². The van der Waals surface area contributed by atoms with Gasteiger partial charge in [-0.1, -0.05) is 18.2 Å². The highest BCUT2D eigenvalue weighted by Crippen LogP contribution is 2.28. The van der Waals surface area contributed by atoms with Crippen molar-refractivity contribution in [1.82, 2.24) is 19.4 Å². The molecule has 0 amide bonds. The highest BCUT2D eigenvalue weighted by Gasteiger charge is 2.23. The molecule has 0 aliphatic carbocycles. The largest absolute Gasteiger partial charge is 0.350 e. The maximum absolute atomic E-state index is 4.50. The van der Waals surface area contributed by atoms with Gasteiger partial charge in [-0.05, 0) is 31.0 Å². The zero-order valence-electron chi connectivity index (χ0n) is 13.5. The Labute approximate surface area is 136 Å². The SMILES string of the molecule is Cn1cc(CN2CCCC(c3cnccn3)C2)c2ccccc21. The predicted molar refractivity (Wildman–Crippen MR) is 92.2 cm³/mol. The van der Waals surface area contributed by atoms with Crippen molar-refractivity contribution in [1.29, 1.82) is 0 Å². The third-order valence-electron chi connectivity index (χ3n) is 4.88. The zero-order valence-corrected chi connectivity index (χ0v) is 13.5. The lowest BCUT2D eigenvalue weighted by atomic mass is 9.94. The minimum Gasteiger partial charge on any atom is -0.350 e. The number of piperidine rings is 1. The van der Waals surface area contributed by atoms with Crippen molar-refractivity contribution in [3.05, 3.63) is 60.3 Å². The molecule has 1 fully saturated rings. The Balaban J connectivity index is 1.54. The summed E-state index contributed by atoms with van der Waals surface area (Å²) in [6.45, 7) is 3.25. The Morgan fingerprint density at radius 1 is 1.22 bits per heavy atom. The Morgan fingerprint density at radius 3 is 3.00 bits per heavy atom. The van der Waals surface area contributed by atoms with Gasteiger partial charge in [0.15, 0.2) is 0 Å². The summed E-state index contributed by atoms with van der Waals surface area (Å²) in [5.74, 6) is 0.507.